The highest BCUT2D eigenvalue weighted by atomic mass is 35.5. The molecule has 0 saturated carbocycles. The summed E-state index contributed by atoms with van der Waals surface area (Å²) >= 11 is 13.7. The van der Waals surface area contributed by atoms with E-state index in [-0.39, 0.29) is 0 Å². The van der Waals surface area contributed by atoms with Crippen LogP contribution >= 0.6 is 34.5 Å². The molecule has 1 aromatic heterocycles. The number of hydrogen-bond acceptors (Lipinski definition) is 3. The Bertz CT molecular complexity index is 574. The van der Waals surface area contributed by atoms with Crippen molar-refractivity contribution in [3.8, 4) is 0 Å². The Hall–Kier alpha value is -0.770. The van der Waals surface area contributed by atoms with Gasteiger partial charge in [0, 0.05) is 20.8 Å². The van der Waals surface area contributed by atoms with E-state index in [4.69, 9.17) is 28.9 Å². The first kappa shape index (κ1) is 12.3. The summed E-state index contributed by atoms with van der Waals surface area (Å²) in [7, 11) is 0. The standard InChI is InChI=1S/C13H12Cl2N2S/c14-8-4-7(5-9(15)6-8)10-2-1-3-11-12(10)18-13(16)17-11/h4-6,10H,1-3H2,(H2,16,17). The molecule has 18 heavy (non-hydrogen) atoms. The molecule has 0 fully saturated rings. The summed E-state index contributed by atoms with van der Waals surface area (Å²) < 4.78 is 0. The molecule has 1 aliphatic rings. The minimum atomic E-state index is 0.333. The van der Waals surface area contributed by atoms with E-state index in [1.54, 1.807) is 17.4 Å². The Morgan fingerprint density at radius 3 is 2.67 bits per heavy atom. The van der Waals surface area contributed by atoms with Crippen molar-refractivity contribution in [1.29, 1.82) is 0 Å². The van der Waals surface area contributed by atoms with Crippen molar-refractivity contribution in [2.24, 2.45) is 0 Å². The van der Waals surface area contributed by atoms with Crippen molar-refractivity contribution in [2.45, 2.75) is 25.2 Å². The molecule has 94 valence electrons. The van der Waals surface area contributed by atoms with Gasteiger partial charge in [0.15, 0.2) is 5.13 Å². The van der Waals surface area contributed by atoms with Crippen LogP contribution in [0.1, 0.15) is 34.9 Å². The Kier molecular flexibility index (Phi) is 3.22. The molecule has 2 nitrogen and oxygen atoms in total. The van der Waals surface area contributed by atoms with E-state index in [0.29, 0.717) is 21.1 Å². The van der Waals surface area contributed by atoms with Gasteiger partial charge < -0.3 is 5.73 Å². The van der Waals surface area contributed by atoms with E-state index < -0.39 is 0 Å². The van der Waals surface area contributed by atoms with Gasteiger partial charge in [0.1, 0.15) is 0 Å². The molecule has 1 unspecified atom stereocenters. The number of nitrogens with two attached hydrogens (primary N) is 1. The number of halogens is 2. The van der Waals surface area contributed by atoms with Gasteiger partial charge in [0.05, 0.1) is 5.69 Å². The van der Waals surface area contributed by atoms with Crippen LogP contribution in [0.5, 0.6) is 0 Å². The molecule has 5 heteroatoms. The Balaban J connectivity index is 2.07. The van der Waals surface area contributed by atoms with Crippen LogP contribution in [0.2, 0.25) is 10.0 Å². The number of fused-ring (bicyclic) bond motifs is 1. The van der Waals surface area contributed by atoms with Crippen LogP contribution in [-0.2, 0) is 6.42 Å². The first-order chi connectivity index (χ1) is 8.63. The smallest absolute Gasteiger partial charge is 0.180 e. The second-order valence-corrected chi connectivity index (χ2v) is 6.45. The maximum absolute atomic E-state index is 6.08. The fourth-order valence-electron chi connectivity index (χ4n) is 2.53. The van der Waals surface area contributed by atoms with Gasteiger partial charge >= 0.3 is 0 Å². The average Bonchev–Trinajstić information content (AvgIpc) is 2.67. The predicted octanol–water partition coefficient (Wildman–Crippen LogP) is 4.50. The minimum Gasteiger partial charge on any atom is -0.375 e. The molecular formula is C13H12Cl2N2S. The van der Waals surface area contributed by atoms with E-state index >= 15 is 0 Å². The number of hydrogen-bond donors (Lipinski definition) is 1. The zero-order valence-electron chi connectivity index (χ0n) is 9.62. The van der Waals surface area contributed by atoms with Crippen molar-refractivity contribution in [2.75, 3.05) is 5.73 Å². The fourth-order valence-corrected chi connectivity index (χ4v) is 4.12. The summed E-state index contributed by atoms with van der Waals surface area (Å²) in [5.74, 6) is 0.333. The summed E-state index contributed by atoms with van der Waals surface area (Å²) in [6, 6.07) is 5.74. The normalized spacial score (nSPS) is 18.7. The van der Waals surface area contributed by atoms with Crippen LogP contribution in [0.25, 0.3) is 0 Å². The lowest BCUT2D eigenvalue weighted by molar-refractivity contribution is 0.617. The first-order valence-electron chi connectivity index (χ1n) is 5.84. The van der Waals surface area contributed by atoms with Crippen LogP contribution in [0.4, 0.5) is 5.13 Å². The fraction of sp³-hybridized carbons (Fsp3) is 0.308. The highest BCUT2D eigenvalue weighted by Gasteiger charge is 2.25. The molecule has 3 rings (SSSR count). The summed E-state index contributed by atoms with van der Waals surface area (Å²) in [6.45, 7) is 0. The van der Waals surface area contributed by atoms with Crippen molar-refractivity contribution in [3.63, 3.8) is 0 Å². The monoisotopic (exact) mass is 298 g/mol. The zero-order chi connectivity index (χ0) is 12.7. The van der Waals surface area contributed by atoms with Crippen LogP contribution in [0.15, 0.2) is 18.2 Å². The number of rotatable bonds is 1. The third-order valence-electron chi connectivity index (χ3n) is 3.25. The number of aromatic nitrogens is 1. The van der Waals surface area contributed by atoms with Gasteiger partial charge in [-0.25, -0.2) is 4.98 Å². The molecule has 1 aromatic carbocycles. The summed E-state index contributed by atoms with van der Waals surface area (Å²) in [5, 5.41) is 2.02. The molecule has 1 aliphatic carbocycles. The summed E-state index contributed by atoms with van der Waals surface area (Å²) in [6.07, 6.45) is 3.25. The molecule has 0 spiro atoms. The van der Waals surface area contributed by atoms with Gasteiger partial charge in [-0.05, 0) is 43.0 Å². The molecular weight excluding hydrogens is 287 g/mol. The lowest BCUT2D eigenvalue weighted by Gasteiger charge is -2.21. The number of benzene rings is 1. The SMILES string of the molecule is Nc1nc2c(s1)C(c1cc(Cl)cc(Cl)c1)CCC2. The molecule has 0 saturated heterocycles. The van der Waals surface area contributed by atoms with E-state index in [1.807, 2.05) is 12.1 Å². The molecule has 2 N–H and O–H groups in total. The van der Waals surface area contributed by atoms with Gasteiger partial charge in [-0.1, -0.05) is 23.2 Å². The molecule has 0 radical (unpaired) electrons. The van der Waals surface area contributed by atoms with Gasteiger partial charge in [-0.15, -0.1) is 11.3 Å². The highest BCUT2D eigenvalue weighted by molar-refractivity contribution is 7.15. The van der Waals surface area contributed by atoms with Crippen LogP contribution in [-0.4, -0.2) is 4.98 Å². The van der Waals surface area contributed by atoms with Crippen LogP contribution in [0.3, 0.4) is 0 Å². The summed E-state index contributed by atoms with van der Waals surface area (Å²) in [4.78, 5) is 5.68. The summed E-state index contributed by atoms with van der Waals surface area (Å²) in [5.41, 5.74) is 8.12. The van der Waals surface area contributed by atoms with Gasteiger partial charge in [-0.3, -0.25) is 0 Å². The topological polar surface area (TPSA) is 38.9 Å². The number of thiazole rings is 1. The third-order valence-corrected chi connectivity index (χ3v) is 4.73. The lowest BCUT2D eigenvalue weighted by Crippen LogP contribution is -2.09. The largest absolute Gasteiger partial charge is 0.375 e. The van der Waals surface area contributed by atoms with Crippen LogP contribution in [0, 0.1) is 0 Å². The second kappa shape index (κ2) is 4.72. The zero-order valence-corrected chi connectivity index (χ0v) is 11.9. The minimum absolute atomic E-state index is 0.333. The van der Waals surface area contributed by atoms with Gasteiger partial charge in [0.25, 0.3) is 0 Å². The highest BCUT2D eigenvalue weighted by Crippen LogP contribution is 2.41. The van der Waals surface area contributed by atoms with Crippen molar-refractivity contribution in [1.82, 2.24) is 4.98 Å². The quantitative estimate of drug-likeness (QED) is 0.842. The van der Waals surface area contributed by atoms with E-state index in [2.05, 4.69) is 4.98 Å². The third kappa shape index (κ3) is 2.22. The predicted molar refractivity (Wildman–Crippen MR) is 77.8 cm³/mol. The number of nitrogens with zero attached hydrogens (tertiary/aromatic N) is 1. The van der Waals surface area contributed by atoms with Gasteiger partial charge in [0.2, 0.25) is 0 Å². The Morgan fingerprint density at radius 1 is 1.22 bits per heavy atom. The number of anilines is 1. The second-order valence-electron chi connectivity index (χ2n) is 4.51. The number of nitrogen functional groups attached to an aromatic ring is 1. The van der Waals surface area contributed by atoms with Crippen molar-refractivity contribution < 1.29 is 0 Å². The van der Waals surface area contributed by atoms with E-state index in [1.165, 1.54) is 4.88 Å². The Labute approximate surface area is 120 Å². The van der Waals surface area contributed by atoms with E-state index in [9.17, 15) is 0 Å². The lowest BCUT2D eigenvalue weighted by atomic mass is 9.86. The molecule has 0 aliphatic heterocycles. The average molecular weight is 299 g/mol. The maximum Gasteiger partial charge on any atom is 0.180 e. The number of aryl methyl sites for hydroxylation is 1. The molecule has 2 aromatic rings. The first-order valence-corrected chi connectivity index (χ1v) is 7.42. The molecule has 0 amide bonds. The maximum atomic E-state index is 6.08. The van der Waals surface area contributed by atoms with Crippen molar-refractivity contribution >= 4 is 39.7 Å². The Morgan fingerprint density at radius 2 is 1.94 bits per heavy atom. The van der Waals surface area contributed by atoms with Gasteiger partial charge in [-0.2, -0.15) is 0 Å². The van der Waals surface area contributed by atoms with E-state index in [0.717, 1.165) is 30.5 Å². The molecule has 1 heterocycles. The van der Waals surface area contributed by atoms with Crippen molar-refractivity contribution in [3.05, 3.63) is 44.4 Å². The van der Waals surface area contributed by atoms with Crippen LogP contribution < -0.4 is 5.73 Å². The molecule has 0 bridgehead atoms. The molecule has 1 atom stereocenters.